The van der Waals surface area contributed by atoms with E-state index in [0.29, 0.717) is 21.6 Å². The number of esters is 2. The summed E-state index contributed by atoms with van der Waals surface area (Å²) in [6.07, 6.45) is -10.4. The Kier molecular flexibility index (Phi) is 7.92. The number of benzene rings is 2. The predicted octanol–water partition coefficient (Wildman–Crippen LogP) is 6.15. The van der Waals surface area contributed by atoms with E-state index < -0.39 is 36.1 Å². The number of ether oxygens (including phenoxy) is 2. The average molecular weight is 504 g/mol. The van der Waals surface area contributed by atoms with E-state index in [2.05, 4.69) is 9.47 Å². The summed E-state index contributed by atoms with van der Waals surface area (Å²) in [5.41, 5.74) is 0. The number of hydrogen-bond acceptors (Lipinski definition) is 7. The average Bonchev–Trinajstić information content (AvgIpc) is 2.68. The Bertz CT molecular complexity index is 967. The summed E-state index contributed by atoms with van der Waals surface area (Å²) in [6, 6.07) is 12.6. The molecule has 0 aliphatic rings. The first kappa shape index (κ1) is 22.2. The Morgan fingerprint density at radius 2 is 1.10 bits per heavy atom. The largest absolute Gasteiger partial charge is 0.490 e. The van der Waals surface area contributed by atoms with E-state index >= 15 is 0 Å². The Balaban J connectivity index is 1.88. The molecule has 0 spiro atoms. The highest BCUT2D eigenvalue weighted by molar-refractivity contribution is 8.00. The van der Waals surface area contributed by atoms with Gasteiger partial charge in [0, 0.05) is 19.6 Å². The molecule has 0 radical (unpaired) electrons. The highest BCUT2D eigenvalue weighted by Gasteiger charge is 2.41. The topological polar surface area (TPSA) is 52.6 Å². The number of thioether (sulfide) groups is 2. The normalized spacial score (nSPS) is 13.2. The summed E-state index contributed by atoms with van der Waals surface area (Å²) in [5, 5.41) is 0. The lowest BCUT2D eigenvalue weighted by Crippen LogP contribution is -2.25. The van der Waals surface area contributed by atoms with Crippen molar-refractivity contribution in [1.82, 2.24) is 0 Å². The summed E-state index contributed by atoms with van der Waals surface area (Å²) < 4.78 is 95.7. The van der Waals surface area contributed by atoms with Crippen molar-refractivity contribution in [1.29, 1.82) is 0 Å². The number of hydrogen-bond donors (Lipinski definition) is 0. The maximum absolute atomic E-state index is 12.2. The van der Waals surface area contributed by atoms with Crippen molar-refractivity contribution in [2.24, 2.45) is 0 Å². The molecule has 0 heterocycles. The van der Waals surface area contributed by atoms with E-state index in [4.69, 9.17) is 2.74 Å². The van der Waals surface area contributed by atoms with Crippen molar-refractivity contribution in [2.45, 2.75) is 31.9 Å². The Morgan fingerprint density at radius 1 is 0.710 bits per heavy atom. The van der Waals surface area contributed by atoms with Crippen LogP contribution in [0.3, 0.4) is 0 Å². The first-order valence-electron chi connectivity index (χ1n) is 8.90. The molecule has 2 rings (SSSR count). The van der Waals surface area contributed by atoms with Crippen LogP contribution in [0.25, 0.3) is 0 Å². The molecule has 0 aromatic heterocycles. The molecule has 13 heteroatoms. The Hall–Kier alpha value is -1.99. The van der Waals surface area contributed by atoms with Crippen molar-refractivity contribution in [3.63, 3.8) is 0 Å². The lowest BCUT2D eigenvalue weighted by molar-refractivity contribution is -0.197. The molecular weight excluding hydrogens is 490 g/mol. The second-order valence-electron chi connectivity index (χ2n) is 5.31. The van der Waals surface area contributed by atoms with Crippen molar-refractivity contribution >= 4 is 47.2 Å². The molecule has 0 amide bonds. The summed E-state index contributed by atoms with van der Waals surface area (Å²) in [4.78, 5) is 23.7. The molecule has 4 nitrogen and oxygen atoms in total. The molecule has 0 saturated heterocycles. The van der Waals surface area contributed by atoms with E-state index in [1.165, 1.54) is 23.9 Å². The van der Waals surface area contributed by atoms with E-state index in [1.807, 2.05) is 0 Å². The molecule has 0 saturated carbocycles. The minimum absolute atomic E-state index is 0.222. The predicted molar refractivity (Wildman–Crippen MR) is 103 cm³/mol. The molecule has 2 aromatic rings. The molecule has 0 N–H and O–H groups in total. The summed E-state index contributed by atoms with van der Waals surface area (Å²) in [5.74, 6) is -8.33. The molecule has 168 valence electrons. The van der Waals surface area contributed by atoms with Gasteiger partial charge in [0.2, 0.25) is 0 Å². The number of rotatable bonds is 8. The van der Waals surface area contributed by atoms with Gasteiger partial charge in [0.05, 0.1) is 2.74 Å². The Morgan fingerprint density at radius 3 is 1.55 bits per heavy atom. The molecule has 0 atom stereocenters. The van der Waals surface area contributed by atoms with Gasteiger partial charge < -0.3 is 9.47 Å². The number of carbonyl (C=O) groups is 2. The van der Waals surface area contributed by atoms with Gasteiger partial charge in [-0.25, -0.2) is 9.59 Å². The van der Waals surface area contributed by atoms with Crippen LogP contribution in [-0.2, 0) is 19.1 Å². The fourth-order valence-electron chi connectivity index (χ4n) is 1.71. The molecule has 2 aromatic carbocycles. The minimum atomic E-state index is -5.31. The van der Waals surface area contributed by atoms with Gasteiger partial charge in [-0.05, 0) is 48.5 Å². The van der Waals surface area contributed by atoms with Crippen molar-refractivity contribution < 1.29 is 48.1 Å². The standard InChI is InChI=1S/C18H12F6O4S3/c19-17(20,21)15(25)27-9-29-11-1-5-13(6-2-11)31-14-7-3-12(4-8-14)30-10-28-16(26)18(22,23)24/h1-8H,9-10H2/i9D2. The molecule has 0 aliphatic heterocycles. The van der Waals surface area contributed by atoms with E-state index in [0.717, 1.165) is 16.7 Å². The van der Waals surface area contributed by atoms with Crippen LogP contribution in [0.2, 0.25) is 0 Å². The third-order valence-electron chi connectivity index (χ3n) is 3.06. The van der Waals surface area contributed by atoms with Crippen molar-refractivity contribution in [3.05, 3.63) is 48.5 Å². The van der Waals surface area contributed by atoms with Gasteiger partial charge in [-0.2, -0.15) is 26.3 Å². The van der Waals surface area contributed by atoms with Gasteiger partial charge in [0.15, 0.2) is 0 Å². The molecule has 0 bridgehead atoms. The van der Waals surface area contributed by atoms with Crippen LogP contribution in [0.4, 0.5) is 26.3 Å². The summed E-state index contributed by atoms with van der Waals surface area (Å²) >= 11 is 2.47. The van der Waals surface area contributed by atoms with E-state index in [-0.39, 0.29) is 4.90 Å². The molecule has 0 fully saturated rings. The van der Waals surface area contributed by atoms with Gasteiger partial charge >= 0.3 is 24.3 Å². The molecule has 31 heavy (non-hydrogen) atoms. The maximum atomic E-state index is 12.2. The highest BCUT2D eigenvalue weighted by Crippen LogP contribution is 2.31. The monoisotopic (exact) mass is 504 g/mol. The SMILES string of the molecule is [2H]C([2H])(OC(=O)C(F)(F)F)Sc1ccc(Sc2ccc(SCOC(=O)C(F)(F)F)cc2)cc1. The first-order chi connectivity index (χ1) is 15.2. The van der Waals surface area contributed by atoms with Gasteiger partial charge in [0.25, 0.3) is 0 Å². The Labute approximate surface area is 187 Å². The van der Waals surface area contributed by atoms with Crippen LogP contribution in [0, 0.1) is 0 Å². The van der Waals surface area contributed by atoms with Crippen molar-refractivity contribution in [3.8, 4) is 0 Å². The van der Waals surface area contributed by atoms with Crippen LogP contribution < -0.4 is 0 Å². The van der Waals surface area contributed by atoms with Crippen LogP contribution in [0.1, 0.15) is 2.74 Å². The third kappa shape index (κ3) is 8.95. The van der Waals surface area contributed by atoms with Gasteiger partial charge in [-0.3, -0.25) is 0 Å². The van der Waals surface area contributed by atoms with E-state index in [1.54, 1.807) is 36.4 Å². The lowest BCUT2D eigenvalue weighted by Gasteiger charge is -2.08. The zero-order valence-corrected chi connectivity index (χ0v) is 17.4. The summed E-state index contributed by atoms with van der Waals surface area (Å²) in [7, 11) is 0. The van der Waals surface area contributed by atoms with Gasteiger partial charge in [0.1, 0.15) is 11.8 Å². The molecular formula is C18H12F6O4S3. The smallest absolute Gasteiger partial charge is 0.448 e. The van der Waals surface area contributed by atoms with Gasteiger partial charge in [-0.15, -0.1) is 0 Å². The zero-order valence-electron chi connectivity index (χ0n) is 17.0. The fraction of sp³-hybridized carbons (Fsp3) is 0.222. The second kappa shape index (κ2) is 11.0. The van der Waals surface area contributed by atoms with Crippen molar-refractivity contribution in [2.75, 3.05) is 11.8 Å². The molecule has 0 aliphatic carbocycles. The zero-order chi connectivity index (χ0) is 24.9. The quantitative estimate of drug-likeness (QED) is 0.185. The van der Waals surface area contributed by atoms with Crippen LogP contribution in [-0.4, -0.2) is 36.1 Å². The fourth-order valence-corrected chi connectivity index (χ4v) is 3.65. The highest BCUT2D eigenvalue weighted by atomic mass is 32.2. The number of carbonyl (C=O) groups excluding carboxylic acids is 2. The maximum Gasteiger partial charge on any atom is 0.490 e. The van der Waals surface area contributed by atoms with Crippen LogP contribution in [0.15, 0.2) is 68.1 Å². The second-order valence-corrected chi connectivity index (χ2v) is 8.29. The number of halogens is 6. The molecule has 0 unspecified atom stereocenters. The summed E-state index contributed by atoms with van der Waals surface area (Å²) in [6.45, 7) is 0. The van der Waals surface area contributed by atoms with Crippen LogP contribution in [0.5, 0.6) is 0 Å². The number of alkyl halides is 6. The lowest BCUT2D eigenvalue weighted by atomic mass is 10.4. The third-order valence-corrected chi connectivity index (χ3v) is 5.59. The van der Waals surface area contributed by atoms with Crippen LogP contribution >= 0.6 is 35.3 Å². The minimum Gasteiger partial charge on any atom is -0.448 e. The van der Waals surface area contributed by atoms with Gasteiger partial charge in [-0.1, -0.05) is 35.3 Å². The van der Waals surface area contributed by atoms with E-state index in [9.17, 15) is 35.9 Å². The first-order valence-corrected chi connectivity index (χ1v) is 10.5.